The van der Waals surface area contributed by atoms with Crippen LogP contribution in [0.25, 0.3) is 0 Å². The van der Waals surface area contributed by atoms with Crippen molar-refractivity contribution in [2.75, 3.05) is 13.1 Å². The molecule has 21 heavy (non-hydrogen) atoms. The summed E-state index contributed by atoms with van der Waals surface area (Å²) in [4.78, 5) is 0.382. The lowest BCUT2D eigenvalue weighted by atomic mass is 10.1. The minimum Gasteiger partial charge on any atom is -0.313 e. The van der Waals surface area contributed by atoms with Crippen LogP contribution in [0.3, 0.4) is 0 Å². The van der Waals surface area contributed by atoms with Crippen molar-refractivity contribution in [3.63, 3.8) is 0 Å². The van der Waals surface area contributed by atoms with Gasteiger partial charge in [-0.05, 0) is 80.1 Å². The quantitative estimate of drug-likeness (QED) is 0.743. The Morgan fingerprint density at radius 3 is 2.48 bits per heavy atom. The van der Waals surface area contributed by atoms with Gasteiger partial charge in [-0.1, -0.05) is 6.42 Å². The van der Waals surface area contributed by atoms with Crippen LogP contribution in [0.4, 0.5) is 0 Å². The van der Waals surface area contributed by atoms with E-state index in [4.69, 9.17) is 0 Å². The zero-order valence-corrected chi connectivity index (χ0v) is 15.5. The summed E-state index contributed by atoms with van der Waals surface area (Å²) in [5.41, 5.74) is 0. The monoisotopic (exact) mass is 422 g/mol. The van der Waals surface area contributed by atoms with E-state index in [1.807, 2.05) is 26.0 Å². The van der Waals surface area contributed by atoms with Crippen molar-refractivity contribution in [2.45, 2.75) is 50.1 Å². The van der Waals surface area contributed by atoms with E-state index in [0.29, 0.717) is 11.4 Å². The molecule has 4 nitrogen and oxygen atoms in total. The van der Waals surface area contributed by atoms with E-state index in [1.54, 1.807) is 16.4 Å². The molecule has 0 amide bonds. The summed E-state index contributed by atoms with van der Waals surface area (Å²) >= 11 is 2.18. The molecular formula is C15H23IN2O2S. The largest absolute Gasteiger partial charge is 0.313 e. The van der Waals surface area contributed by atoms with Gasteiger partial charge < -0.3 is 5.32 Å². The van der Waals surface area contributed by atoms with Gasteiger partial charge in [0.1, 0.15) is 0 Å². The minimum atomic E-state index is -3.43. The maximum atomic E-state index is 12.9. The van der Waals surface area contributed by atoms with Gasteiger partial charge >= 0.3 is 0 Å². The summed E-state index contributed by atoms with van der Waals surface area (Å²) in [5, 5.41) is 3.43. The van der Waals surface area contributed by atoms with Crippen molar-refractivity contribution < 1.29 is 8.42 Å². The van der Waals surface area contributed by atoms with Crippen LogP contribution < -0.4 is 5.32 Å². The third-order valence-corrected chi connectivity index (χ3v) is 6.58. The number of benzene rings is 1. The van der Waals surface area contributed by atoms with Gasteiger partial charge in [-0.3, -0.25) is 0 Å². The van der Waals surface area contributed by atoms with Crippen LogP contribution in [0.5, 0.6) is 0 Å². The molecule has 1 aliphatic heterocycles. The van der Waals surface area contributed by atoms with Crippen LogP contribution >= 0.6 is 22.6 Å². The lowest BCUT2D eigenvalue weighted by Gasteiger charge is -2.32. The summed E-state index contributed by atoms with van der Waals surface area (Å²) in [7, 11) is -3.43. The number of nitrogens with one attached hydrogen (secondary N) is 1. The molecule has 1 fully saturated rings. The van der Waals surface area contributed by atoms with E-state index in [9.17, 15) is 8.42 Å². The van der Waals surface area contributed by atoms with Gasteiger partial charge in [-0.15, -0.1) is 0 Å². The second-order valence-electron chi connectivity index (χ2n) is 5.77. The van der Waals surface area contributed by atoms with Crippen molar-refractivity contribution in [2.24, 2.45) is 0 Å². The highest BCUT2D eigenvalue weighted by Crippen LogP contribution is 2.21. The van der Waals surface area contributed by atoms with E-state index in [2.05, 4.69) is 27.9 Å². The fourth-order valence-corrected chi connectivity index (χ4v) is 4.67. The highest BCUT2D eigenvalue weighted by atomic mass is 127. The van der Waals surface area contributed by atoms with Crippen LogP contribution in [0.15, 0.2) is 29.2 Å². The molecule has 1 N–H and O–H groups in total. The lowest BCUT2D eigenvalue weighted by molar-refractivity contribution is 0.282. The fourth-order valence-electron chi connectivity index (χ4n) is 2.63. The van der Waals surface area contributed by atoms with E-state index in [1.165, 1.54) is 12.8 Å². The zero-order chi connectivity index (χ0) is 15.5. The number of sulfonamides is 1. The van der Waals surface area contributed by atoms with Crippen molar-refractivity contribution >= 4 is 32.6 Å². The maximum Gasteiger partial charge on any atom is 0.243 e. The van der Waals surface area contributed by atoms with Crippen LogP contribution in [0.1, 0.15) is 33.1 Å². The van der Waals surface area contributed by atoms with Crippen LogP contribution in [-0.2, 0) is 10.0 Å². The molecule has 1 aromatic rings. The maximum absolute atomic E-state index is 12.9. The van der Waals surface area contributed by atoms with Gasteiger partial charge in [-0.2, -0.15) is 4.31 Å². The van der Waals surface area contributed by atoms with E-state index in [0.717, 1.165) is 16.5 Å². The first-order chi connectivity index (χ1) is 9.91. The first-order valence-electron chi connectivity index (χ1n) is 7.42. The molecule has 1 aromatic carbocycles. The second-order valence-corrected chi connectivity index (χ2v) is 8.91. The van der Waals surface area contributed by atoms with Crippen molar-refractivity contribution in [1.29, 1.82) is 0 Å². The number of piperidine rings is 1. The average Bonchev–Trinajstić information content (AvgIpc) is 2.46. The molecule has 0 saturated carbocycles. The number of rotatable bonds is 5. The normalized spacial score (nSPS) is 20.1. The predicted octanol–water partition coefficient (Wildman–Crippen LogP) is 2.83. The molecule has 0 aliphatic carbocycles. The summed E-state index contributed by atoms with van der Waals surface area (Å²) in [6.07, 6.45) is 3.40. The SMILES string of the molecule is CC(C)N(CC1CCCCN1)S(=O)(=O)c1ccc(I)cc1. The third-order valence-electron chi connectivity index (χ3n) is 3.81. The van der Waals surface area contributed by atoms with E-state index >= 15 is 0 Å². The Kier molecular flexibility index (Phi) is 6.05. The summed E-state index contributed by atoms with van der Waals surface area (Å²) < 4.78 is 28.4. The molecule has 1 heterocycles. The number of halogens is 1. The third kappa shape index (κ3) is 4.40. The average molecular weight is 422 g/mol. The lowest BCUT2D eigenvalue weighted by Crippen LogP contribution is -2.48. The van der Waals surface area contributed by atoms with Gasteiger partial charge in [0, 0.05) is 22.2 Å². The summed E-state index contributed by atoms with van der Waals surface area (Å²) in [6.45, 7) is 5.41. The molecule has 1 unspecified atom stereocenters. The molecule has 1 aliphatic rings. The first kappa shape index (κ1) is 17.2. The van der Waals surface area contributed by atoms with Crippen molar-refractivity contribution in [3.05, 3.63) is 27.8 Å². The molecule has 1 atom stereocenters. The summed E-state index contributed by atoms with van der Waals surface area (Å²) in [6, 6.07) is 7.29. The predicted molar refractivity (Wildman–Crippen MR) is 93.8 cm³/mol. The van der Waals surface area contributed by atoms with Gasteiger partial charge in [-0.25, -0.2) is 8.42 Å². The first-order valence-corrected chi connectivity index (χ1v) is 9.94. The standard InChI is InChI=1S/C15H23IN2O2S/c1-12(2)18(11-14-5-3-4-10-17-14)21(19,20)15-8-6-13(16)7-9-15/h6-9,12,14,17H,3-5,10-11H2,1-2H3. The Balaban J connectivity index is 2.21. The van der Waals surface area contributed by atoms with Crippen LogP contribution in [-0.4, -0.2) is 37.9 Å². The summed E-state index contributed by atoms with van der Waals surface area (Å²) in [5.74, 6) is 0. The number of hydrogen-bond donors (Lipinski definition) is 1. The van der Waals surface area contributed by atoms with Gasteiger partial charge in [0.25, 0.3) is 0 Å². The van der Waals surface area contributed by atoms with E-state index in [-0.39, 0.29) is 12.1 Å². The molecule has 1 saturated heterocycles. The van der Waals surface area contributed by atoms with Crippen molar-refractivity contribution in [1.82, 2.24) is 9.62 Å². The van der Waals surface area contributed by atoms with Gasteiger partial charge in [0.15, 0.2) is 0 Å². The molecular weight excluding hydrogens is 399 g/mol. The Labute approximate surface area is 141 Å². The Bertz CT molecular complexity index is 552. The van der Waals surface area contributed by atoms with Crippen LogP contribution in [0, 0.1) is 3.57 Å². The Morgan fingerprint density at radius 2 is 1.95 bits per heavy atom. The molecule has 0 spiro atoms. The molecule has 6 heteroatoms. The topological polar surface area (TPSA) is 49.4 Å². The highest BCUT2D eigenvalue weighted by molar-refractivity contribution is 14.1. The zero-order valence-electron chi connectivity index (χ0n) is 12.5. The van der Waals surface area contributed by atoms with E-state index < -0.39 is 10.0 Å². The smallest absolute Gasteiger partial charge is 0.243 e. The molecule has 2 rings (SSSR count). The second kappa shape index (κ2) is 7.39. The molecule has 0 radical (unpaired) electrons. The molecule has 0 aromatic heterocycles. The fraction of sp³-hybridized carbons (Fsp3) is 0.600. The van der Waals surface area contributed by atoms with Gasteiger partial charge in [0.05, 0.1) is 4.90 Å². The van der Waals surface area contributed by atoms with Gasteiger partial charge in [0.2, 0.25) is 10.0 Å². The number of nitrogens with zero attached hydrogens (tertiary/aromatic N) is 1. The van der Waals surface area contributed by atoms with Crippen molar-refractivity contribution in [3.8, 4) is 0 Å². The Morgan fingerprint density at radius 1 is 1.29 bits per heavy atom. The minimum absolute atomic E-state index is 0.0435. The highest BCUT2D eigenvalue weighted by Gasteiger charge is 2.29. The Hall–Kier alpha value is -0.180. The molecule has 118 valence electrons. The number of hydrogen-bond acceptors (Lipinski definition) is 3. The van der Waals surface area contributed by atoms with Crippen LogP contribution in [0.2, 0.25) is 0 Å². The molecule has 0 bridgehead atoms.